The molecule has 3 N–H and O–H groups in total. The van der Waals surface area contributed by atoms with Gasteiger partial charge in [-0.1, -0.05) is 39.0 Å². The lowest BCUT2D eigenvalue weighted by Gasteiger charge is -2.43. The molecule has 0 aromatic rings. The van der Waals surface area contributed by atoms with Crippen LogP contribution < -0.4 is 0 Å². The monoisotopic (exact) mass is 550 g/mol. The van der Waals surface area contributed by atoms with E-state index in [0.717, 1.165) is 12.0 Å². The van der Waals surface area contributed by atoms with Crippen molar-refractivity contribution in [3.63, 3.8) is 0 Å². The maximum atomic E-state index is 12.5. The summed E-state index contributed by atoms with van der Waals surface area (Å²) in [4.78, 5) is 23.3. The van der Waals surface area contributed by atoms with Gasteiger partial charge in [-0.05, 0) is 36.7 Å². The first-order chi connectivity index (χ1) is 14.7. The van der Waals surface area contributed by atoms with Crippen molar-refractivity contribution in [2.45, 2.75) is 83.7 Å². The topological polar surface area (TPSA) is 113 Å². The highest BCUT2D eigenvalue weighted by atomic mass is 127. The number of allylic oxidation sites excluding steroid dienone is 2. The Morgan fingerprint density at radius 1 is 1.35 bits per heavy atom. The van der Waals surface area contributed by atoms with Gasteiger partial charge in [0.05, 0.1) is 30.7 Å². The number of ether oxygens (including phenoxy) is 1. The molecule has 0 aliphatic heterocycles. The minimum absolute atomic E-state index is 0.00443. The van der Waals surface area contributed by atoms with Crippen molar-refractivity contribution in [2.75, 3.05) is 0 Å². The lowest BCUT2D eigenvalue weighted by Crippen LogP contribution is -2.43. The molecule has 0 saturated heterocycles. The summed E-state index contributed by atoms with van der Waals surface area (Å²) < 4.78 is 11.4. The van der Waals surface area contributed by atoms with Crippen molar-refractivity contribution >= 4 is 34.9 Å². The first kappa shape index (κ1) is 26.3. The van der Waals surface area contributed by atoms with Gasteiger partial charge < -0.3 is 23.1 Å². The van der Waals surface area contributed by atoms with Gasteiger partial charge in [-0.3, -0.25) is 9.59 Å². The van der Waals surface area contributed by atoms with Crippen LogP contribution in [0.4, 0.5) is 0 Å². The van der Waals surface area contributed by atoms with Gasteiger partial charge in [-0.15, -0.1) is 0 Å². The lowest BCUT2D eigenvalue weighted by molar-refractivity contribution is -0.159. The lowest BCUT2D eigenvalue weighted by atomic mass is 9.66. The molecule has 0 spiro atoms. The number of aliphatic hydroxyl groups is 2. The highest BCUT2D eigenvalue weighted by molar-refractivity contribution is 14.1. The van der Waals surface area contributed by atoms with Gasteiger partial charge in [0, 0.05) is 18.8 Å². The number of carboxylic acids is 1. The minimum atomic E-state index is -1.03. The summed E-state index contributed by atoms with van der Waals surface area (Å²) >= 11 is 1.80. The molecular weight excluding hydrogens is 515 g/mol. The van der Waals surface area contributed by atoms with Crippen LogP contribution in [0.1, 0.15) is 59.3 Å². The van der Waals surface area contributed by atoms with E-state index in [9.17, 15) is 19.8 Å². The van der Waals surface area contributed by atoms with Gasteiger partial charge in [0.15, 0.2) is 0 Å². The molecule has 0 saturated carbocycles. The standard InChI is InChI=1S/C23H35IO7/c1-4-13(2)23(29)30-20-11-16(25)9-15-6-5-14(3)19(22(15)20)8-7-18(31-24)10-17(26)12-21(27)28/h5-6,9,13-14,16-20,22,25-26H,4,7-8,10-12H2,1-3H3,(H,27,28)/t13-,14-,16+,17+,18+,19-,20-,22-/m0/s1. The predicted octanol–water partition coefficient (Wildman–Crippen LogP) is 3.81. The second-order valence-electron chi connectivity index (χ2n) is 8.94. The molecule has 8 heteroatoms. The number of rotatable bonds is 11. The van der Waals surface area contributed by atoms with Crippen LogP contribution >= 0.6 is 23.0 Å². The Balaban J connectivity index is 2.13. The molecule has 2 aliphatic rings. The number of fused-ring (bicyclic) bond motifs is 1. The van der Waals surface area contributed by atoms with E-state index in [1.165, 1.54) is 0 Å². The Morgan fingerprint density at radius 2 is 2.06 bits per heavy atom. The maximum Gasteiger partial charge on any atom is 0.308 e. The number of carboxylic acid groups (broad SMARTS) is 1. The Morgan fingerprint density at radius 3 is 2.68 bits per heavy atom. The number of carbonyl (C=O) groups is 2. The first-order valence-electron chi connectivity index (χ1n) is 11.1. The molecule has 0 heterocycles. The van der Waals surface area contributed by atoms with Crippen LogP contribution in [0.5, 0.6) is 0 Å². The number of esters is 1. The Labute approximate surface area is 198 Å². The molecule has 7 nitrogen and oxygen atoms in total. The van der Waals surface area contributed by atoms with Crippen molar-refractivity contribution < 1.29 is 32.7 Å². The zero-order valence-corrected chi connectivity index (χ0v) is 20.6. The van der Waals surface area contributed by atoms with Crippen LogP contribution in [-0.4, -0.2) is 51.7 Å². The number of hydrogen-bond acceptors (Lipinski definition) is 6. The van der Waals surface area contributed by atoms with Crippen molar-refractivity contribution in [1.29, 1.82) is 0 Å². The molecule has 0 radical (unpaired) electrons. The Hall–Kier alpha value is -0.970. The summed E-state index contributed by atoms with van der Waals surface area (Å²) in [6, 6.07) is 0. The van der Waals surface area contributed by atoms with Crippen LogP contribution in [0.15, 0.2) is 23.8 Å². The smallest absolute Gasteiger partial charge is 0.308 e. The average molecular weight is 550 g/mol. The van der Waals surface area contributed by atoms with Crippen LogP contribution in [0.25, 0.3) is 0 Å². The molecule has 2 rings (SSSR count). The summed E-state index contributed by atoms with van der Waals surface area (Å²) in [6.07, 6.45) is 6.23. The van der Waals surface area contributed by atoms with E-state index in [0.29, 0.717) is 19.3 Å². The molecule has 0 fully saturated rings. The van der Waals surface area contributed by atoms with Crippen LogP contribution in [-0.2, 0) is 17.4 Å². The predicted molar refractivity (Wildman–Crippen MR) is 124 cm³/mol. The fraction of sp³-hybridized carbons (Fsp3) is 0.739. The molecule has 176 valence electrons. The van der Waals surface area contributed by atoms with Crippen molar-refractivity contribution in [2.24, 2.45) is 23.7 Å². The number of aliphatic hydroxyl groups excluding tert-OH is 2. The third-order valence-corrected chi connectivity index (χ3v) is 7.27. The zero-order chi connectivity index (χ0) is 23.1. The van der Waals surface area contributed by atoms with Gasteiger partial charge in [-0.25, -0.2) is 0 Å². The third kappa shape index (κ3) is 7.54. The van der Waals surface area contributed by atoms with Crippen LogP contribution in [0, 0.1) is 23.7 Å². The summed E-state index contributed by atoms with van der Waals surface area (Å²) in [5.74, 6) is -1.02. The summed E-state index contributed by atoms with van der Waals surface area (Å²) in [7, 11) is 0. The zero-order valence-electron chi connectivity index (χ0n) is 18.4. The minimum Gasteiger partial charge on any atom is -0.481 e. The van der Waals surface area contributed by atoms with Gasteiger partial charge in [0.2, 0.25) is 0 Å². The van der Waals surface area contributed by atoms with E-state index >= 15 is 0 Å². The molecule has 0 amide bonds. The van der Waals surface area contributed by atoms with E-state index in [4.69, 9.17) is 12.9 Å². The first-order valence-corrected chi connectivity index (χ1v) is 12.0. The fourth-order valence-corrected chi connectivity index (χ4v) is 5.05. The number of halogens is 1. The van der Waals surface area contributed by atoms with Gasteiger partial charge in [0.1, 0.15) is 29.1 Å². The SMILES string of the molecule is CC[C@H](C)C(=O)O[C@H]1C[C@H](O)C=C2C=C[C@H](C)[C@H](CC[C@H](C[C@@H](O)CC(=O)O)OI)[C@H]21. The van der Waals surface area contributed by atoms with E-state index in [1.807, 2.05) is 26.0 Å². The maximum absolute atomic E-state index is 12.5. The second kappa shape index (κ2) is 12.3. The molecule has 31 heavy (non-hydrogen) atoms. The highest BCUT2D eigenvalue weighted by Gasteiger charge is 2.42. The second-order valence-corrected chi connectivity index (χ2v) is 9.45. The van der Waals surface area contributed by atoms with Crippen molar-refractivity contribution in [1.82, 2.24) is 0 Å². The van der Waals surface area contributed by atoms with Gasteiger partial charge in [0.25, 0.3) is 0 Å². The molecule has 2 aliphatic carbocycles. The quantitative estimate of drug-likeness (QED) is 0.265. The summed E-state index contributed by atoms with van der Waals surface area (Å²) in [5, 5.41) is 29.2. The van der Waals surface area contributed by atoms with Crippen molar-refractivity contribution in [3.05, 3.63) is 23.8 Å². The largest absolute Gasteiger partial charge is 0.481 e. The molecule has 0 unspecified atom stereocenters. The normalized spacial score (nSPS) is 30.6. The Kier molecular flexibility index (Phi) is 10.4. The molecule has 0 aromatic heterocycles. The highest BCUT2D eigenvalue weighted by Crippen LogP contribution is 2.44. The molecule has 8 atom stereocenters. The average Bonchev–Trinajstić information content (AvgIpc) is 2.70. The van der Waals surface area contributed by atoms with E-state index in [-0.39, 0.29) is 54.7 Å². The molecule has 0 aromatic carbocycles. The Bertz CT molecular complexity index is 677. The summed E-state index contributed by atoms with van der Waals surface area (Å²) in [5.41, 5.74) is 1.00. The van der Waals surface area contributed by atoms with Crippen molar-refractivity contribution in [3.8, 4) is 0 Å². The summed E-state index contributed by atoms with van der Waals surface area (Å²) in [6.45, 7) is 5.93. The van der Waals surface area contributed by atoms with Crippen LogP contribution in [0.2, 0.25) is 0 Å². The van der Waals surface area contributed by atoms with Gasteiger partial charge >= 0.3 is 11.9 Å². The van der Waals surface area contributed by atoms with E-state index < -0.39 is 18.2 Å². The van der Waals surface area contributed by atoms with E-state index in [2.05, 4.69) is 13.0 Å². The molecule has 0 bridgehead atoms. The molecular formula is C23H35IO7. The fourth-order valence-electron chi connectivity index (χ4n) is 4.58. The number of carbonyl (C=O) groups excluding carboxylic acids is 1. The van der Waals surface area contributed by atoms with E-state index in [1.54, 1.807) is 23.0 Å². The van der Waals surface area contributed by atoms with Crippen LogP contribution in [0.3, 0.4) is 0 Å². The number of aliphatic carboxylic acids is 1. The van der Waals surface area contributed by atoms with Gasteiger partial charge in [-0.2, -0.15) is 0 Å². The third-order valence-electron chi connectivity index (χ3n) is 6.55. The number of hydrogen-bond donors (Lipinski definition) is 3.